The molecule has 2 rings (SSSR count). The highest BCUT2D eigenvalue weighted by Crippen LogP contribution is 2.30. The van der Waals surface area contributed by atoms with Crippen LogP contribution in [0.25, 0.3) is 0 Å². The van der Waals surface area contributed by atoms with Gasteiger partial charge in [0.15, 0.2) is 0 Å². The Morgan fingerprint density at radius 1 is 1.21 bits per heavy atom. The maximum atomic E-state index is 10.4. The van der Waals surface area contributed by atoms with Gasteiger partial charge in [-0.25, -0.2) is 0 Å². The number of hydrogen-bond donors (Lipinski definition) is 1. The van der Waals surface area contributed by atoms with Gasteiger partial charge >= 0.3 is 0 Å². The van der Waals surface area contributed by atoms with Gasteiger partial charge in [0, 0.05) is 18.8 Å². The number of aliphatic hydroxyl groups is 1. The number of nitrogens with zero attached hydrogens (tertiary/aromatic N) is 1. The van der Waals surface area contributed by atoms with Crippen LogP contribution in [-0.2, 0) is 12.8 Å². The third-order valence-corrected chi connectivity index (χ3v) is 3.98. The van der Waals surface area contributed by atoms with Gasteiger partial charge in [-0.3, -0.25) is 4.98 Å². The second kappa shape index (κ2) is 6.38. The zero-order valence-electron chi connectivity index (χ0n) is 10.6. The third-order valence-electron chi connectivity index (χ3n) is 3.13. The smallest absolute Gasteiger partial charge is 0.0834 e. The van der Waals surface area contributed by atoms with Crippen molar-refractivity contribution in [1.29, 1.82) is 0 Å². The molecule has 1 aromatic carbocycles. The first kappa shape index (κ1) is 14.3. The topological polar surface area (TPSA) is 33.1 Å². The molecule has 0 aliphatic rings. The number of benzene rings is 1. The van der Waals surface area contributed by atoms with Crippen molar-refractivity contribution in [2.45, 2.75) is 25.9 Å². The fraction of sp³-hybridized carbons (Fsp3) is 0.267. The Labute approximate surface area is 123 Å². The van der Waals surface area contributed by atoms with Crippen molar-refractivity contribution in [3.8, 4) is 0 Å². The minimum Gasteiger partial charge on any atom is -0.388 e. The van der Waals surface area contributed by atoms with E-state index < -0.39 is 6.10 Å². The molecule has 2 nitrogen and oxygen atoms in total. The molecule has 0 saturated carbocycles. The molecule has 4 heteroatoms. The minimum atomic E-state index is -0.603. The molecule has 19 heavy (non-hydrogen) atoms. The highest BCUT2D eigenvalue weighted by molar-refractivity contribution is 6.42. The average Bonchev–Trinajstić information content (AvgIpc) is 2.43. The number of pyridine rings is 1. The zero-order valence-corrected chi connectivity index (χ0v) is 12.1. The summed E-state index contributed by atoms with van der Waals surface area (Å²) in [5.41, 5.74) is 2.79. The van der Waals surface area contributed by atoms with E-state index in [9.17, 15) is 5.11 Å². The van der Waals surface area contributed by atoms with Gasteiger partial charge in [-0.15, -0.1) is 0 Å². The van der Waals surface area contributed by atoms with Crippen LogP contribution in [0.15, 0.2) is 36.7 Å². The molecule has 0 aliphatic heterocycles. The summed E-state index contributed by atoms with van der Waals surface area (Å²) in [6, 6.07) is 7.30. The predicted molar refractivity (Wildman–Crippen MR) is 78.7 cm³/mol. The fourth-order valence-corrected chi connectivity index (χ4v) is 2.48. The van der Waals surface area contributed by atoms with Crippen molar-refractivity contribution >= 4 is 23.2 Å². The summed E-state index contributed by atoms with van der Waals surface area (Å²) >= 11 is 12.1. The second-order valence-electron chi connectivity index (χ2n) is 4.36. The molecule has 100 valence electrons. The number of rotatable bonds is 4. The van der Waals surface area contributed by atoms with Gasteiger partial charge in [-0.05, 0) is 35.2 Å². The molecular formula is C15H15Cl2NO. The lowest BCUT2D eigenvalue weighted by Crippen LogP contribution is -2.06. The molecule has 1 N–H and O–H groups in total. The summed E-state index contributed by atoms with van der Waals surface area (Å²) in [5, 5.41) is 11.4. The molecule has 0 spiro atoms. The van der Waals surface area contributed by atoms with Gasteiger partial charge in [0.05, 0.1) is 16.1 Å². The standard InChI is InChI=1S/C15H15Cl2NO/c1-2-10-9-18-7-6-12(10)14(19)8-11-4-3-5-13(16)15(11)17/h3-7,9,14,19H,2,8H2,1H3. The molecule has 0 radical (unpaired) electrons. The first-order chi connectivity index (χ1) is 9.13. The molecule has 1 atom stereocenters. The summed E-state index contributed by atoms with van der Waals surface area (Å²) < 4.78 is 0. The van der Waals surface area contributed by atoms with Crippen molar-refractivity contribution in [2.75, 3.05) is 0 Å². The Hall–Kier alpha value is -1.09. The number of halogens is 2. The van der Waals surface area contributed by atoms with Crippen LogP contribution in [0.4, 0.5) is 0 Å². The van der Waals surface area contributed by atoms with E-state index in [4.69, 9.17) is 23.2 Å². The van der Waals surface area contributed by atoms with E-state index in [-0.39, 0.29) is 0 Å². The zero-order chi connectivity index (χ0) is 13.8. The number of aromatic nitrogens is 1. The highest BCUT2D eigenvalue weighted by atomic mass is 35.5. The van der Waals surface area contributed by atoms with Crippen molar-refractivity contribution < 1.29 is 5.11 Å². The molecule has 0 bridgehead atoms. The average molecular weight is 296 g/mol. The molecular weight excluding hydrogens is 281 g/mol. The first-order valence-electron chi connectivity index (χ1n) is 6.17. The van der Waals surface area contributed by atoms with Gasteiger partial charge in [0.2, 0.25) is 0 Å². The molecule has 1 unspecified atom stereocenters. The fourth-order valence-electron chi connectivity index (χ4n) is 2.08. The van der Waals surface area contributed by atoms with E-state index >= 15 is 0 Å². The predicted octanol–water partition coefficient (Wildman–Crippen LogP) is 4.23. The van der Waals surface area contributed by atoms with Crippen LogP contribution in [0.1, 0.15) is 29.7 Å². The van der Waals surface area contributed by atoms with Crippen LogP contribution >= 0.6 is 23.2 Å². The van der Waals surface area contributed by atoms with Crippen LogP contribution in [-0.4, -0.2) is 10.1 Å². The van der Waals surface area contributed by atoms with Crippen LogP contribution < -0.4 is 0 Å². The largest absolute Gasteiger partial charge is 0.388 e. The molecule has 1 aromatic heterocycles. The maximum absolute atomic E-state index is 10.4. The number of aliphatic hydroxyl groups excluding tert-OH is 1. The molecule has 2 aromatic rings. The monoisotopic (exact) mass is 295 g/mol. The van der Waals surface area contributed by atoms with E-state index in [0.717, 1.165) is 23.1 Å². The van der Waals surface area contributed by atoms with Gasteiger partial charge in [-0.2, -0.15) is 0 Å². The summed E-state index contributed by atoms with van der Waals surface area (Å²) in [5.74, 6) is 0. The molecule has 0 amide bonds. The summed E-state index contributed by atoms with van der Waals surface area (Å²) in [6.07, 6.45) is 4.16. The normalized spacial score (nSPS) is 12.4. The minimum absolute atomic E-state index is 0.441. The van der Waals surface area contributed by atoms with E-state index in [1.54, 1.807) is 18.5 Å². The van der Waals surface area contributed by atoms with Crippen LogP contribution in [0, 0.1) is 0 Å². The Morgan fingerprint density at radius 2 is 2.00 bits per heavy atom. The third kappa shape index (κ3) is 3.27. The lowest BCUT2D eigenvalue weighted by Gasteiger charge is -2.15. The van der Waals surface area contributed by atoms with Crippen LogP contribution in [0.3, 0.4) is 0 Å². The molecule has 1 heterocycles. The van der Waals surface area contributed by atoms with E-state index in [1.807, 2.05) is 25.1 Å². The van der Waals surface area contributed by atoms with Gasteiger partial charge in [-0.1, -0.05) is 42.3 Å². The van der Waals surface area contributed by atoms with Crippen molar-refractivity contribution in [2.24, 2.45) is 0 Å². The number of aryl methyl sites for hydroxylation is 1. The van der Waals surface area contributed by atoms with Gasteiger partial charge in [0.1, 0.15) is 0 Å². The maximum Gasteiger partial charge on any atom is 0.0834 e. The molecule has 0 fully saturated rings. The Kier molecular flexibility index (Phi) is 4.81. The van der Waals surface area contributed by atoms with E-state index in [2.05, 4.69) is 4.98 Å². The lowest BCUT2D eigenvalue weighted by atomic mass is 9.97. The second-order valence-corrected chi connectivity index (χ2v) is 5.15. The lowest BCUT2D eigenvalue weighted by molar-refractivity contribution is 0.177. The number of hydrogen-bond acceptors (Lipinski definition) is 2. The summed E-state index contributed by atoms with van der Waals surface area (Å²) in [4.78, 5) is 4.08. The summed E-state index contributed by atoms with van der Waals surface area (Å²) in [7, 11) is 0. The Bertz CT molecular complexity index is 572. The van der Waals surface area contributed by atoms with E-state index in [0.29, 0.717) is 16.5 Å². The Balaban J connectivity index is 2.26. The SMILES string of the molecule is CCc1cnccc1C(O)Cc1cccc(Cl)c1Cl. The van der Waals surface area contributed by atoms with Crippen molar-refractivity contribution in [1.82, 2.24) is 4.98 Å². The first-order valence-corrected chi connectivity index (χ1v) is 6.92. The quantitative estimate of drug-likeness (QED) is 0.916. The van der Waals surface area contributed by atoms with Gasteiger partial charge in [0.25, 0.3) is 0 Å². The molecule has 0 aliphatic carbocycles. The van der Waals surface area contributed by atoms with Crippen LogP contribution in [0.2, 0.25) is 10.0 Å². The summed E-state index contributed by atoms with van der Waals surface area (Å²) in [6.45, 7) is 2.04. The van der Waals surface area contributed by atoms with Crippen molar-refractivity contribution in [3.05, 3.63) is 63.4 Å². The molecule has 0 saturated heterocycles. The van der Waals surface area contributed by atoms with Gasteiger partial charge < -0.3 is 5.11 Å². The van der Waals surface area contributed by atoms with Crippen LogP contribution in [0.5, 0.6) is 0 Å². The highest BCUT2D eigenvalue weighted by Gasteiger charge is 2.14. The van der Waals surface area contributed by atoms with E-state index in [1.165, 1.54) is 0 Å². The van der Waals surface area contributed by atoms with Crippen molar-refractivity contribution in [3.63, 3.8) is 0 Å². The Morgan fingerprint density at radius 3 is 2.74 bits per heavy atom.